The van der Waals surface area contributed by atoms with Gasteiger partial charge in [-0.15, -0.1) is 0 Å². The molecule has 1 saturated carbocycles. The third kappa shape index (κ3) is 4.30. The third-order valence-electron chi connectivity index (χ3n) is 3.38. The maximum absolute atomic E-state index is 12.5. The molecule has 1 aromatic carbocycles. The summed E-state index contributed by atoms with van der Waals surface area (Å²) in [6.07, 6.45) is 2.36. The number of benzene rings is 1. The van der Waals surface area contributed by atoms with Crippen molar-refractivity contribution in [2.75, 3.05) is 13.6 Å². The highest BCUT2D eigenvalue weighted by Gasteiger charge is 2.23. The highest BCUT2D eigenvalue weighted by molar-refractivity contribution is 7.89. The van der Waals surface area contributed by atoms with Crippen LogP contribution in [-0.2, 0) is 16.6 Å². The molecule has 4 nitrogen and oxygen atoms in total. The Labute approximate surface area is 131 Å². The lowest BCUT2D eigenvalue weighted by atomic mass is 10.2. The molecule has 0 aliphatic heterocycles. The number of likely N-dealkylation sites (N-methyl/N-ethyl adjacent to an activating group) is 1. The second-order valence-electron chi connectivity index (χ2n) is 5.63. The van der Waals surface area contributed by atoms with E-state index in [0.717, 1.165) is 11.1 Å². The monoisotopic (exact) mass is 328 g/mol. The molecule has 1 aromatic rings. The van der Waals surface area contributed by atoms with E-state index < -0.39 is 10.0 Å². The standard InChI is InChI=1S/C15H21ClN2O2S/c1-11(2)10-18(3)21(19,20)14-6-7-15(16)12(8-14)9-17-13-4-5-13/h6-8,13,17H,1,4-5,9-10H2,2-3H3. The average Bonchev–Trinajstić information content (AvgIpc) is 3.20. The van der Waals surface area contributed by atoms with Gasteiger partial charge in [-0.3, -0.25) is 0 Å². The van der Waals surface area contributed by atoms with Gasteiger partial charge >= 0.3 is 0 Å². The summed E-state index contributed by atoms with van der Waals surface area (Å²) in [6, 6.07) is 5.40. The van der Waals surface area contributed by atoms with Crippen molar-refractivity contribution < 1.29 is 8.42 Å². The quantitative estimate of drug-likeness (QED) is 0.783. The van der Waals surface area contributed by atoms with Crippen molar-refractivity contribution in [3.63, 3.8) is 0 Å². The lowest BCUT2D eigenvalue weighted by Crippen LogP contribution is -2.28. The average molecular weight is 329 g/mol. The van der Waals surface area contributed by atoms with Gasteiger partial charge in [0.25, 0.3) is 0 Å². The molecule has 0 saturated heterocycles. The second kappa shape index (κ2) is 6.48. The zero-order valence-electron chi connectivity index (χ0n) is 12.4. The van der Waals surface area contributed by atoms with Crippen LogP contribution >= 0.6 is 11.6 Å². The molecule has 0 unspecified atom stereocenters. The molecule has 1 aliphatic carbocycles. The normalized spacial score (nSPS) is 15.4. The van der Waals surface area contributed by atoms with Gasteiger partial charge in [0.05, 0.1) is 4.90 Å². The van der Waals surface area contributed by atoms with Crippen molar-refractivity contribution in [3.8, 4) is 0 Å². The van der Waals surface area contributed by atoms with Gasteiger partial charge < -0.3 is 5.32 Å². The van der Waals surface area contributed by atoms with Crippen LogP contribution in [0.25, 0.3) is 0 Å². The van der Waals surface area contributed by atoms with E-state index in [2.05, 4.69) is 11.9 Å². The Hall–Kier alpha value is -0.880. The summed E-state index contributed by atoms with van der Waals surface area (Å²) in [6.45, 7) is 6.46. The third-order valence-corrected chi connectivity index (χ3v) is 5.54. The Balaban J connectivity index is 2.21. The first-order chi connectivity index (χ1) is 9.80. The summed E-state index contributed by atoms with van der Waals surface area (Å²) in [4.78, 5) is 0.267. The van der Waals surface area contributed by atoms with Crippen molar-refractivity contribution >= 4 is 21.6 Å². The number of nitrogens with zero attached hydrogens (tertiary/aromatic N) is 1. The van der Waals surface area contributed by atoms with Gasteiger partial charge in [0.2, 0.25) is 10.0 Å². The van der Waals surface area contributed by atoms with Crippen molar-refractivity contribution in [1.29, 1.82) is 0 Å². The van der Waals surface area contributed by atoms with E-state index in [-0.39, 0.29) is 4.90 Å². The van der Waals surface area contributed by atoms with Gasteiger partial charge in [0, 0.05) is 31.2 Å². The minimum Gasteiger partial charge on any atom is -0.310 e. The molecule has 0 atom stereocenters. The summed E-state index contributed by atoms with van der Waals surface area (Å²) in [5.74, 6) is 0. The van der Waals surface area contributed by atoms with Crippen LogP contribution in [0.15, 0.2) is 35.2 Å². The zero-order valence-corrected chi connectivity index (χ0v) is 14.0. The largest absolute Gasteiger partial charge is 0.310 e. The Bertz CT molecular complexity index is 639. The smallest absolute Gasteiger partial charge is 0.243 e. The molecule has 0 bridgehead atoms. The van der Waals surface area contributed by atoms with E-state index in [9.17, 15) is 8.42 Å². The SMILES string of the molecule is C=C(C)CN(C)S(=O)(=O)c1ccc(Cl)c(CNC2CC2)c1. The summed E-state index contributed by atoms with van der Waals surface area (Å²) >= 11 is 6.15. The first-order valence-corrected chi connectivity index (χ1v) is 8.75. The Morgan fingerprint density at radius 3 is 2.71 bits per heavy atom. The fraction of sp³-hybridized carbons (Fsp3) is 0.467. The van der Waals surface area contributed by atoms with Crippen LogP contribution < -0.4 is 5.32 Å². The van der Waals surface area contributed by atoms with Gasteiger partial charge in [-0.05, 0) is 43.5 Å². The summed E-state index contributed by atoms with van der Waals surface area (Å²) < 4.78 is 26.3. The van der Waals surface area contributed by atoms with Crippen molar-refractivity contribution in [3.05, 3.63) is 40.9 Å². The molecule has 21 heavy (non-hydrogen) atoms. The Kier molecular flexibility index (Phi) is 5.09. The molecular weight excluding hydrogens is 308 g/mol. The van der Waals surface area contributed by atoms with Crippen LogP contribution in [0.4, 0.5) is 0 Å². The molecule has 1 fully saturated rings. The van der Waals surface area contributed by atoms with Crippen molar-refractivity contribution in [1.82, 2.24) is 9.62 Å². The highest BCUT2D eigenvalue weighted by atomic mass is 35.5. The second-order valence-corrected chi connectivity index (χ2v) is 8.08. The van der Waals surface area contributed by atoms with Gasteiger partial charge in [-0.1, -0.05) is 23.8 Å². The molecule has 0 spiro atoms. The number of halogens is 1. The van der Waals surface area contributed by atoms with E-state index in [1.165, 1.54) is 17.1 Å². The summed E-state index contributed by atoms with van der Waals surface area (Å²) in [7, 11) is -1.95. The molecule has 116 valence electrons. The maximum Gasteiger partial charge on any atom is 0.243 e. The molecule has 0 radical (unpaired) electrons. The predicted molar refractivity (Wildman–Crippen MR) is 85.9 cm³/mol. The minimum absolute atomic E-state index is 0.267. The Morgan fingerprint density at radius 2 is 2.14 bits per heavy atom. The fourth-order valence-corrected chi connectivity index (χ4v) is 3.50. The molecule has 0 amide bonds. The number of rotatable bonds is 7. The van der Waals surface area contributed by atoms with Crippen LogP contribution in [0.3, 0.4) is 0 Å². The van der Waals surface area contributed by atoms with Crippen LogP contribution in [0, 0.1) is 0 Å². The summed E-state index contributed by atoms with van der Waals surface area (Å²) in [5, 5.41) is 3.93. The van der Waals surface area contributed by atoms with Crippen LogP contribution in [-0.4, -0.2) is 32.4 Å². The fourth-order valence-electron chi connectivity index (χ4n) is 2.03. The molecule has 1 aliphatic rings. The van der Waals surface area contributed by atoms with E-state index >= 15 is 0 Å². The van der Waals surface area contributed by atoms with Crippen molar-refractivity contribution in [2.24, 2.45) is 0 Å². The minimum atomic E-state index is -3.51. The van der Waals surface area contributed by atoms with E-state index in [0.29, 0.717) is 24.2 Å². The van der Waals surface area contributed by atoms with Crippen LogP contribution in [0.2, 0.25) is 5.02 Å². The van der Waals surface area contributed by atoms with E-state index in [4.69, 9.17) is 11.6 Å². The first-order valence-electron chi connectivity index (χ1n) is 6.93. The molecule has 1 N–H and O–H groups in total. The number of hydrogen-bond donors (Lipinski definition) is 1. The number of sulfonamides is 1. The van der Waals surface area contributed by atoms with Gasteiger partial charge in [0.1, 0.15) is 0 Å². The van der Waals surface area contributed by atoms with E-state index in [1.807, 2.05) is 0 Å². The lowest BCUT2D eigenvalue weighted by Gasteiger charge is -2.18. The topological polar surface area (TPSA) is 49.4 Å². The van der Waals surface area contributed by atoms with Crippen LogP contribution in [0.1, 0.15) is 25.3 Å². The van der Waals surface area contributed by atoms with Gasteiger partial charge in [-0.2, -0.15) is 4.31 Å². The first kappa shape index (κ1) is 16.5. The zero-order chi connectivity index (χ0) is 15.6. The molecule has 0 aromatic heterocycles. The number of hydrogen-bond acceptors (Lipinski definition) is 3. The lowest BCUT2D eigenvalue weighted by molar-refractivity contribution is 0.493. The van der Waals surface area contributed by atoms with Crippen molar-refractivity contribution in [2.45, 2.75) is 37.2 Å². The Morgan fingerprint density at radius 1 is 1.48 bits per heavy atom. The van der Waals surface area contributed by atoms with Crippen LogP contribution in [0.5, 0.6) is 0 Å². The summed E-state index contributed by atoms with van der Waals surface area (Å²) in [5.41, 5.74) is 1.61. The molecule has 6 heteroatoms. The molecular formula is C15H21ClN2O2S. The van der Waals surface area contributed by atoms with E-state index in [1.54, 1.807) is 32.2 Å². The maximum atomic E-state index is 12.5. The molecule has 0 heterocycles. The molecule has 2 rings (SSSR count). The number of nitrogens with one attached hydrogen (secondary N) is 1. The van der Waals surface area contributed by atoms with Gasteiger partial charge in [-0.25, -0.2) is 8.42 Å². The van der Waals surface area contributed by atoms with Gasteiger partial charge in [0.15, 0.2) is 0 Å². The predicted octanol–water partition coefficient (Wildman–Crippen LogP) is 2.79. The highest BCUT2D eigenvalue weighted by Crippen LogP contribution is 2.25.